The Balaban J connectivity index is 1.50. The zero-order valence-corrected chi connectivity index (χ0v) is 17.1. The lowest BCUT2D eigenvalue weighted by Crippen LogP contribution is -2.67. The van der Waals surface area contributed by atoms with Crippen LogP contribution in [0.5, 0.6) is 11.5 Å². The third kappa shape index (κ3) is 2.17. The van der Waals surface area contributed by atoms with E-state index in [0.717, 1.165) is 11.1 Å². The van der Waals surface area contributed by atoms with Crippen molar-refractivity contribution in [1.82, 2.24) is 9.80 Å². The van der Waals surface area contributed by atoms with Crippen LogP contribution in [0.2, 0.25) is 0 Å². The SMILES string of the molecule is COc1ccccc1[C@H]1O[C@]12C(=O)N(C)[C@@]1(O[C@H]1c1ccccc1OC)C(=O)N2C. The van der Waals surface area contributed by atoms with Gasteiger partial charge >= 0.3 is 0 Å². The number of rotatable bonds is 4. The van der Waals surface area contributed by atoms with E-state index < -0.39 is 23.7 Å². The Morgan fingerprint density at radius 3 is 1.47 bits per heavy atom. The van der Waals surface area contributed by atoms with E-state index in [1.807, 2.05) is 36.4 Å². The highest BCUT2D eigenvalue weighted by Gasteiger charge is 2.81. The molecular weight excluding hydrogens is 388 g/mol. The topological polar surface area (TPSA) is 84.1 Å². The van der Waals surface area contributed by atoms with E-state index in [4.69, 9.17) is 18.9 Å². The molecule has 0 aromatic heterocycles. The molecule has 2 aromatic rings. The van der Waals surface area contributed by atoms with Gasteiger partial charge in [0.2, 0.25) is 0 Å². The van der Waals surface area contributed by atoms with Gasteiger partial charge < -0.3 is 28.7 Å². The maximum Gasteiger partial charge on any atom is 0.281 e. The van der Waals surface area contributed by atoms with Gasteiger partial charge in [0, 0.05) is 25.2 Å². The van der Waals surface area contributed by atoms with Crippen molar-refractivity contribution in [2.24, 2.45) is 0 Å². The second-order valence-corrected chi connectivity index (χ2v) is 7.60. The largest absolute Gasteiger partial charge is 0.496 e. The monoisotopic (exact) mass is 410 g/mol. The van der Waals surface area contributed by atoms with Crippen molar-refractivity contribution in [3.05, 3.63) is 59.7 Å². The third-order valence-corrected chi connectivity index (χ3v) is 6.25. The number of nitrogens with zero attached hydrogens (tertiary/aromatic N) is 2. The summed E-state index contributed by atoms with van der Waals surface area (Å²) in [5, 5.41) is 0. The van der Waals surface area contributed by atoms with Crippen molar-refractivity contribution in [1.29, 1.82) is 0 Å². The van der Waals surface area contributed by atoms with Gasteiger partial charge in [0.1, 0.15) is 23.7 Å². The maximum absolute atomic E-state index is 13.5. The van der Waals surface area contributed by atoms with Gasteiger partial charge in [0.05, 0.1) is 14.2 Å². The van der Waals surface area contributed by atoms with Crippen molar-refractivity contribution in [3.63, 3.8) is 0 Å². The molecule has 0 saturated carbocycles. The molecule has 3 heterocycles. The fourth-order valence-electron chi connectivity index (χ4n) is 4.51. The molecule has 3 aliphatic rings. The van der Waals surface area contributed by atoms with Crippen LogP contribution in [0.1, 0.15) is 23.3 Å². The summed E-state index contributed by atoms with van der Waals surface area (Å²) in [7, 11) is 6.27. The van der Waals surface area contributed by atoms with Crippen LogP contribution < -0.4 is 9.47 Å². The molecule has 4 atom stereocenters. The highest BCUT2D eigenvalue weighted by atomic mass is 16.7. The minimum Gasteiger partial charge on any atom is -0.496 e. The molecule has 3 fully saturated rings. The highest BCUT2D eigenvalue weighted by Crippen LogP contribution is 2.63. The van der Waals surface area contributed by atoms with E-state index in [-0.39, 0.29) is 11.8 Å². The number of carbonyl (C=O) groups is 2. The third-order valence-electron chi connectivity index (χ3n) is 6.25. The van der Waals surface area contributed by atoms with Crippen LogP contribution in [0, 0.1) is 0 Å². The summed E-state index contributed by atoms with van der Waals surface area (Å²) in [4.78, 5) is 29.7. The second-order valence-electron chi connectivity index (χ2n) is 7.60. The lowest BCUT2D eigenvalue weighted by molar-refractivity contribution is -0.175. The molecule has 2 aromatic carbocycles. The Hall–Kier alpha value is -3.10. The first-order chi connectivity index (χ1) is 14.4. The van der Waals surface area contributed by atoms with Crippen LogP contribution in [-0.2, 0) is 19.1 Å². The van der Waals surface area contributed by atoms with Crippen LogP contribution in [0.4, 0.5) is 0 Å². The van der Waals surface area contributed by atoms with Gasteiger partial charge in [0.25, 0.3) is 23.3 Å². The maximum atomic E-state index is 13.5. The first-order valence-corrected chi connectivity index (χ1v) is 9.61. The molecule has 0 bridgehead atoms. The number of methoxy groups -OCH3 is 2. The molecule has 8 nitrogen and oxygen atoms in total. The number of hydrogen-bond donors (Lipinski definition) is 0. The van der Waals surface area contributed by atoms with Gasteiger partial charge in [-0.05, 0) is 12.1 Å². The lowest BCUT2D eigenvalue weighted by atomic mass is 9.95. The van der Waals surface area contributed by atoms with E-state index in [9.17, 15) is 9.59 Å². The minimum atomic E-state index is -1.40. The molecule has 3 aliphatic heterocycles. The summed E-state index contributed by atoms with van der Waals surface area (Å²) in [6.45, 7) is 0. The number of likely N-dealkylation sites (N-methyl/N-ethyl adjacent to an activating group) is 2. The molecule has 156 valence electrons. The van der Waals surface area contributed by atoms with Crippen molar-refractivity contribution < 1.29 is 28.5 Å². The van der Waals surface area contributed by atoms with E-state index in [0.29, 0.717) is 11.5 Å². The van der Waals surface area contributed by atoms with Gasteiger partial charge in [-0.15, -0.1) is 0 Å². The van der Waals surface area contributed by atoms with Gasteiger partial charge in [-0.25, -0.2) is 0 Å². The van der Waals surface area contributed by atoms with Gasteiger partial charge in [0.15, 0.2) is 0 Å². The van der Waals surface area contributed by atoms with E-state index in [2.05, 4.69) is 0 Å². The van der Waals surface area contributed by atoms with Crippen molar-refractivity contribution in [2.75, 3.05) is 28.3 Å². The Bertz CT molecular complexity index is 974. The number of para-hydroxylation sites is 2. The van der Waals surface area contributed by atoms with Crippen molar-refractivity contribution >= 4 is 11.8 Å². The molecule has 2 spiro atoms. The second kappa shape index (κ2) is 6.20. The van der Waals surface area contributed by atoms with E-state index in [1.54, 1.807) is 40.4 Å². The van der Waals surface area contributed by atoms with E-state index in [1.165, 1.54) is 9.80 Å². The molecule has 8 heteroatoms. The fraction of sp³-hybridized carbons (Fsp3) is 0.364. The molecule has 0 aliphatic carbocycles. The molecule has 0 radical (unpaired) electrons. The van der Waals surface area contributed by atoms with Crippen LogP contribution >= 0.6 is 0 Å². The quantitative estimate of drug-likeness (QED) is 0.716. The molecule has 5 rings (SSSR count). The number of ether oxygens (including phenoxy) is 4. The average Bonchev–Trinajstić information content (AvgIpc) is 3.70. The number of hydrogen-bond acceptors (Lipinski definition) is 6. The Labute approximate surface area is 173 Å². The lowest BCUT2D eigenvalue weighted by Gasteiger charge is -2.39. The molecule has 30 heavy (non-hydrogen) atoms. The zero-order chi connectivity index (χ0) is 21.3. The van der Waals surface area contributed by atoms with Crippen molar-refractivity contribution in [2.45, 2.75) is 23.7 Å². The Kier molecular flexibility index (Phi) is 3.90. The molecule has 2 amide bonds. The summed E-state index contributed by atoms with van der Waals surface area (Å²) in [6, 6.07) is 14.6. The summed E-state index contributed by atoms with van der Waals surface area (Å²) in [5.74, 6) is 0.534. The van der Waals surface area contributed by atoms with Crippen LogP contribution in [0.15, 0.2) is 48.5 Å². The number of piperazine rings is 1. The molecule has 0 unspecified atom stereocenters. The summed E-state index contributed by atoms with van der Waals surface area (Å²) in [6.07, 6.45) is -1.23. The van der Waals surface area contributed by atoms with Gasteiger partial charge in [-0.1, -0.05) is 36.4 Å². The number of carbonyl (C=O) groups excluding carboxylic acids is 2. The fourth-order valence-corrected chi connectivity index (χ4v) is 4.51. The smallest absolute Gasteiger partial charge is 0.281 e. The van der Waals surface area contributed by atoms with Crippen molar-refractivity contribution in [3.8, 4) is 11.5 Å². The zero-order valence-electron chi connectivity index (χ0n) is 17.1. The normalized spacial score (nSPS) is 32.0. The first kappa shape index (κ1) is 18.9. The summed E-state index contributed by atoms with van der Waals surface area (Å²) in [5.41, 5.74) is -1.36. The standard InChI is InChI=1S/C22H22N2O6/c1-23-19(25)22(18(30-22)14-10-6-8-12-16(14)28-4)24(2)20(26)21(23)17(29-21)13-9-5-7-11-15(13)27-3/h5-12,17-18H,1-4H3/t17-,18+,21-,22-/m0/s1. The van der Waals surface area contributed by atoms with E-state index >= 15 is 0 Å². The van der Waals surface area contributed by atoms with Crippen LogP contribution in [0.3, 0.4) is 0 Å². The summed E-state index contributed by atoms with van der Waals surface area (Å²) < 4.78 is 22.6. The molecular formula is C22H22N2O6. The Morgan fingerprint density at radius 2 is 1.10 bits per heavy atom. The Morgan fingerprint density at radius 1 is 0.733 bits per heavy atom. The van der Waals surface area contributed by atoms with Gasteiger partial charge in [-0.3, -0.25) is 9.59 Å². The average molecular weight is 410 g/mol. The summed E-state index contributed by atoms with van der Waals surface area (Å²) >= 11 is 0. The predicted molar refractivity (Wildman–Crippen MR) is 105 cm³/mol. The first-order valence-electron chi connectivity index (χ1n) is 9.61. The molecule has 0 N–H and O–H groups in total. The van der Waals surface area contributed by atoms with Crippen LogP contribution in [-0.4, -0.2) is 61.4 Å². The molecule has 3 saturated heterocycles. The number of benzene rings is 2. The van der Waals surface area contributed by atoms with Crippen LogP contribution in [0.25, 0.3) is 0 Å². The van der Waals surface area contributed by atoms with Gasteiger partial charge in [-0.2, -0.15) is 0 Å². The predicted octanol–water partition coefficient (Wildman–Crippen LogP) is 1.87. The number of amides is 2. The minimum absolute atomic E-state index is 0.335. The highest BCUT2D eigenvalue weighted by molar-refractivity contribution is 6.04. The number of epoxide rings is 2.